The number of ether oxygens (including phenoxy) is 1. The zero-order chi connectivity index (χ0) is 13.2. The van der Waals surface area contributed by atoms with E-state index in [0.717, 1.165) is 18.9 Å². The Bertz CT molecular complexity index is 608. The SMILES string of the molecule is O=Cc1ccc(OCc2noc(C3CC3)n2)c(F)c1. The third-order valence-electron chi connectivity index (χ3n) is 2.86. The van der Waals surface area contributed by atoms with Gasteiger partial charge in [-0.1, -0.05) is 5.16 Å². The van der Waals surface area contributed by atoms with E-state index in [1.807, 2.05) is 0 Å². The fraction of sp³-hybridized carbons (Fsp3) is 0.308. The second-order valence-corrected chi connectivity index (χ2v) is 4.42. The number of benzene rings is 1. The Kier molecular flexibility index (Phi) is 2.98. The van der Waals surface area contributed by atoms with E-state index in [0.29, 0.717) is 23.9 Å². The van der Waals surface area contributed by atoms with Crippen molar-refractivity contribution in [3.05, 3.63) is 41.3 Å². The molecule has 0 aliphatic heterocycles. The summed E-state index contributed by atoms with van der Waals surface area (Å²) in [6, 6.07) is 4.01. The zero-order valence-electron chi connectivity index (χ0n) is 10.0. The average molecular weight is 262 g/mol. The smallest absolute Gasteiger partial charge is 0.229 e. The molecular weight excluding hydrogens is 251 g/mol. The van der Waals surface area contributed by atoms with Gasteiger partial charge in [-0.2, -0.15) is 4.98 Å². The minimum atomic E-state index is -0.587. The van der Waals surface area contributed by atoms with Crippen LogP contribution in [-0.2, 0) is 6.61 Å². The molecule has 0 spiro atoms. The van der Waals surface area contributed by atoms with Crippen molar-refractivity contribution >= 4 is 6.29 Å². The number of aldehydes is 1. The molecular formula is C13H11FN2O3. The molecule has 1 heterocycles. The highest BCUT2D eigenvalue weighted by Gasteiger charge is 2.29. The molecule has 19 heavy (non-hydrogen) atoms. The quantitative estimate of drug-likeness (QED) is 0.774. The number of halogens is 1. The maximum Gasteiger partial charge on any atom is 0.229 e. The predicted octanol–water partition coefficient (Wildman–Crippen LogP) is 2.48. The maximum absolute atomic E-state index is 13.5. The van der Waals surface area contributed by atoms with Gasteiger partial charge < -0.3 is 9.26 Å². The van der Waals surface area contributed by atoms with E-state index < -0.39 is 5.82 Å². The van der Waals surface area contributed by atoms with Crippen molar-refractivity contribution in [1.82, 2.24) is 10.1 Å². The third-order valence-corrected chi connectivity index (χ3v) is 2.86. The van der Waals surface area contributed by atoms with Crippen LogP contribution < -0.4 is 4.74 Å². The van der Waals surface area contributed by atoms with Crippen LogP contribution in [0.2, 0.25) is 0 Å². The van der Waals surface area contributed by atoms with Gasteiger partial charge in [-0.05, 0) is 31.0 Å². The first-order valence-corrected chi connectivity index (χ1v) is 5.96. The fourth-order valence-corrected chi connectivity index (χ4v) is 1.67. The fourth-order valence-electron chi connectivity index (χ4n) is 1.67. The van der Waals surface area contributed by atoms with Gasteiger partial charge in [0.1, 0.15) is 6.29 Å². The number of carbonyl (C=O) groups is 1. The van der Waals surface area contributed by atoms with E-state index >= 15 is 0 Å². The first-order chi connectivity index (χ1) is 9.26. The van der Waals surface area contributed by atoms with E-state index in [1.54, 1.807) is 0 Å². The van der Waals surface area contributed by atoms with Crippen LogP contribution in [-0.4, -0.2) is 16.4 Å². The minimum absolute atomic E-state index is 0.0353. The molecule has 0 amide bonds. The largest absolute Gasteiger partial charge is 0.482 e. The van der Waals surface area contributed by atoms with Gasteiger partial charge in [-0.15, -0.1) is 0 Å². The number of rotatable bonds is 5. The molecule has 1 aromatic carbocycles. The lowest BCUT2D eigenvalue weighted by molar-refractivity contribution is 0.112. The second kappa shape index (κ2) is 4.79. The molecule has 1 aliphatic carbocycles. The summed E-state index contributed by atoms with van der Waals surface area (Å²) in [5.41, 5.74) is 0.264. The Morgan fingerprint density at radius 1 is 1.47 bits per heavy atom. The molecule has 0 atom stereocenters. The number of aromatic nitrogens is 2. The molecule has 1 aromatic heterocycles. The van der Waals surface area contributed by atoms with Crippen LogP contribution in [0, 0.1) is 5.82 Å². The highest BCUT2D eigenvalue weighted by Crippen LogP contribution is 2.38. The van der Waals surface area contributed by atoms with Crippen LogP contribution in [0.3, 0.4) is 0 Å². The summed E-state index contributed by atoms with van der Waals surface area (Å²) in [5.74, 6) is 0.861. The third kappa shape index (κ3) is 2.62. The van der Waals surface area contributed by atoms with Crippen molar-refractivity contribution in [2.45, 2.75) is 25.4 Å². The van der Waals surface area contributed by atoms with Crippen molar-refractivity contribution in [3.8, 4) is 5.75 Å². The normalized spacial score (nSPS) is 14.4. The summed E-state index contributed by atoms with van der Waals surface area (Å²) in [5, 5.41) is 3.77. The molecule has 0 N–H and O–H groups in total. The first-order valence-electron chi connectivity index (χ1n) is 5.96. The Balaban J connectivity index is 1.65. The van der Waals surface area contributed by atoms with Gasteiger partial charge in [0.2, 0.25) is 11.7 Å². The van der Waals surface area contributed by atoms with Crippen molar-refractivity contribution < 1.29 is 18.4 Å². The molecule has 2 aromatic rings. The summed E-state index contributed by atoms with van der Waals surface area (Å²) in [7, 11) is 0. The van der Waals surface area contributed by atoms with Gasteiger partial charge in [-0.3, -0.25) is 4.79 Å². The first kappa shape index (κ1) is 11.8. The molecule has 6 heteroatoms. The molecule has 1 aliphatic rings. The molecule has 0 bridgehead atoms. The Morgan fingerprint density at radius 3 is 3.00 bits per heavy atom. The van der Waals surface area contributed by atoms with Gasteiger partial charge in [0.15, 0.2) is 18.2 Å². The van der Waals surface area contributed by atoms with Crippen molar-refractivity contribution in [1.29, 1.82) is 0 Å². The van der Waals surface area contributed by atoms with E-state index in [2.05, 4.69) is 10.1 Å². The molecule has 1 saturated carbocycles. The molecule has 0 saturated heterocycles. The van der Waals surface area contributed by atoms with Crippen molar-refractivity contribution in [2.24, 2.45) is 0 Å². The van der Waals surface area contributed by atoms with Gasteiger partial charge >= 0.3 is 0 Å². The van der Waals surface area contributed by atoms with Crippen molar-refractivity contribution in [3.63, 3.8) is 0 Å². The van der Waals surface area contributed by atoms with Gasteiger partial charge in [0.05, 0.1) is 0 Å². The molecule has 5 nitrogen and oxygen atoms in total. The summed E-state index contributed by atoms with van der Waals surface area (Å²) in [6.45, 7) is 0.0353. The predicted molar refractivity (Wildman–Crippen MR) is 62.4 cm³/mol. The highest BCUT2D eigenvalue weighted by molar-refractivity contribution is 5.74. The zero-order valence-corrected chi connectivity index (χ0v) is 10.0. The summed E-state index contributed by atoms with van der Waals surface area (Å²) in [6.07, 6.45) is 2.72. The van der Waals surface area contributed by atoms with Crippen LogP contribution >= 0.6 is 0 Å². The maximum atomic E-state index is 13.5. The molecule has 1 fully saturated rings. The second-order valence-electron chi connectivity index (χ2n) is 4.42. The lowest BCUT2D eigenvalue weighted by atomic mass is 10.2. The van der Waals surface area contributed by atoms with Gasteiger partial charge in [0, 0.05) is 11.5 Å². The summed E-state index contributed by atoms with van der Waals surface area (Å²) >= 11 is 0. The average Bonchev–Trinajstić information content (AvgIpc) is 3.17. The van der Waals surface area contributed by atoms with Crippen LogP contribution in [0.25, 0.3) is 0 Å². The standard InChI is InChI=1S/C13H11FN2O3/c14-10-5-8(6-17)1-4-11(10)18-7-12-15-13(19-16-12)9-2-3-9/h1,4-6,9H,2-3,7H2. The minimum Gasteiger partial charge on any atom is -0.482 e. The lowest BCUT2D eigenvalue weighted by Crippen LogP contribution is -2.00. The summed E-state index contributed by atoms with van der Waals surface area (Å²) < 4.78 is 23.9. The van der Waals surface area contributed by atoms with Gasteiger partial charge in [0.25, 0.3) is 0 Å². The molecule has 3 rings (SSSR count). The van der Waals surface area contributed by atoms with Crippen LogP contribution in [0.15, 0.2) is 22.7 Å². The highest BCUT2D eigenvalue weighted by atomic mass is 19.1. The van der Waals surface area contributed by atoms with Crippen molar-refractivity contribution in [2.75, 3.05) is 0 Å². The lowest BCUT2D eigenvalue weighted by Gasteiger charge is -2.04. The van der Waals surface area contributed by atoms with Crippen LogP contribution in [0.4, 0.5) is 4.39 Å². The van der Waals surface area contributed by atoms with Crippen LogP contribution in [0.5, 0.6) is 5.75 Å². The van der Waals surface area contributed by atoms with E-state index in [-0.39, 0.29) is 17.9 Å². The number of nitrogens with zero attached hydrogens (tertiary/aromatic N) is 2. The number of hydrogen-bond acceptors (Lipinski definition) is 5. The number of hydrogen-bond donors (Lipinski definition) is 0. The van der Waals surface area contributed by atoms with Gasteiger partial charge in [-0.25, -0.2) is 4.39 Å². The number of carbonyl (C=O) groups excluding carboxylic acids is 1. The van der Waals surface area contributed by atoms with E-state index in [4.69, 9.17) is 9.26 Å². The Morgan fingerprint density at radius 2 is 2.32 bits per heavy atom. The monoisotopic (exact) mass is 262 g/mol. The summed E-state index contributed by atoms with van der Waals surface area (Å²) in [4.78, 5) is 14.7. The Hall–Kier alpha value is -2.24. The van der Waals surface area contributed by atoms with Crippen LogP contribution in [0.1, 0.15) is 40.8 Å². The van der Waals surface area contributed by atoms with E-state index in [1.165, 1.54) is 12.1 Å². The molecule has 0 radical (unpaired) electrons. The van der Waals surface area contributed by atoms with E-state index in [9.17, 15) is 9.18 Å². The Labute approximate surface area is 108 Å². The topological polar surface area (TPSA) is 65.2 Å². The molecule has 0 unspecified atom stereocenters. The molecule has 98 valence electrons.